The van der Waals surface area contributed by atoms with Crippen molar-refractivity contribution in [1.29, 1.82) is 0 Å². The van der Waals surface area contributed by atoms with E-state index < -0.39 is 120 Å². The maximum atomic E-state index is 14.8. The summed E-state index contributed by atoms with van der Waals surface area (Å²) in [5, 5.41) is 65.3. The van der Waals surface area contributed by atoms with Crippen LogP contribution in [-0.2, 0) is 68.8 Å². The van der Waals surface area contributed by atoms with Gasteiger partial charge in [-0.15, -0.1) is 0 Å². The van der Waals surface area contributed by atoms with Crippen LogP contribution in [0.2, 0.25) is 5.02 Å². The molecule has 1 heterocycles. The predicted molar refractivity (Wildman–Crippen MR) is 325 cm³/mol. The van der Waals surface area contributed by atoms with Gasteiger partial charge in [0.05, 0.1) is 30.3 Å². The number of phenols is 2. The molecular formula is C57H76ClN13O13S2. The highest BCUT2D eigenvalue weighted by Crippen LogP contribution is 2.25. The third-order valence-corrected chi connectivity index (χ3v) is 16.4. The normalized spacial score (nSPS) is 21.5. The summed E-state index contributed by atoms with van der Waals surface area (Å²) in [6.07, 6.45) is -3.45. The van der Waals surface area contributed by atoms with Gasteiger partial charge in [-0.25, -0.2) is 0 Å². The second kappa shape index (κ2) is 34.6. The zero-order valence-corrected chi connectivity index (χ0v) is 49.5. The van der Waals surface area contributed by atoms with Crippen molar-refractivity contribution < 1.29 is 63.6 Å². The smallest absolute Gasteiger partial charge is 0.245 e. The Morgan fingerprint density at radius 2 is 1.24 bits per heavy atom. The molecule has 26 nitrogen and oxygen atoms in total. The van der Waals surface area contributed by atoms with Crippen molar-refractivity contribution in [2.75, 3.05) is 23.4 Å². The molecule has 11 atom stereocenters. The summed E-state index contributed by atoms with van der Waals surface area (Å²) >= 11 is 6.09. The summed E-state index contributed by atoms with van der Waals surface area (Å²) in [5.41, 5.74) is 31.5. The maximum Gasteiger partial charge on any atom is 0.245 e. The van der Waals surface area contributed by atoms with E-state index in [4.69, 9.17) is 40.3 Å². The van der Waals surface area contributed by atoms with E-state index in [1.54, 1.807) is 36.4 Å². The van der Waals surface area contributed by atoms with E-state index in [-0.39, 0.29) is 80.9 Å². The summed E-state index contributed by atoms with van der Waals surface area (Å²) in [6, 6.07) is 11.8. The van der Waals surface area contributed by atoms with Gasteiger partial charge in [0, 0.05) is 35.1 Å². The molecule has 0 bridgehead atoms. The Labute approximate surface area is 509 Å². The Bertz CT molecular complexity index is 2940. The topological polar surface area (TPSA) is 461 Å². The van der Waals surface area contributed by atoms with Gasteiger partial charge in [0.2, 0.25) is 53.2 Å². The fraction of sp³-hybridized carbons (Fsp3) is 0.421. The summed E-state index contributed by atoms with van der Waals surface area (Å²) < 4.78 is 0. The molecule has 29 heteroatoms. The van der Waals surface area contributed by atoms with Crippen molar-refractivity contribution in [2.45, 2.75) is 131 Å². The molecule has 0 spiro atoms. The van der Waals surface area contributed by atoms with E-state index in [0.29, 0.717) is 39.4 Å². The van der Waals surface area contributed by atoms with Gasteiger partial charge < -0.3 is 86.3 Å². The summed E-state index contributed by atoms with van der Waals surface area (Å²) in [5.74, 6) is -8.31. The quantitative estimate of drug-likeness (QED) is 0.0295. The lowest BCUT2D eigenvalue weighted by Crippen LogP contribution is -2.63. The molecule has 0 aromatic heterocycles. The van der Waals surface area contributed by atoms with Crippen molar-refractivity contribution in [3.05, 3.63) is 124 Å². The predicted octanol–water partition coefficient (Wildman–Crippen LogP) is -1.54. The lowest BCUT2D eigenvalue weighted by atomic mass is 10.00. The van der Waals surface area contributed by atoms with E-state index in [0.717, 1.165) is 21.6 Å². The number of aliphatic hydroxyl groups excluding tert-OH is 2. The molecule has 4 aromatic carbocycles. The molecule has 0 radical (unpaired) electrons. The maximum absolute atomic E-state index is 14.8. The molecule has 466 valence electrons. The number of benzene rings is 4. The Morgan fingerprint density at radius 1 is 0.674 bits per heavy atom. The Kier molecular flexibility index (Phi) is 27.8. The second-order valence-corrected chi connectivity index (χ2v) is 23.7. The number of primary amides is 2. The average Bonchev–Trinajstić information content (AvgIpc) is 3.68. The molecule has 4 aromatic rings. The molecule has 0 saturated carbocycles. The molecule has 1 unspecified atom stereocenters. The van der Waals surface area contributed by atoms with Gasteiger partial charge in [-0.05, 0) is 129 Å². The van der Waals surface area contributed by atoms with Crippen LogP contribution in [0, 0.1) is 0 Å². The van der Waals surface area contributed by atoms with E-state index >= 15 is 0 Å². The van der Waals surface area contributed by atoms with Crippen molar-refractivity contribution in [3.8, 4) is 11.5 Å². The second-order valence-electron chi connectivity index (χ2n) is 20.7. The number of anilines is 1. The first-order chi connectivity index (χ1) is 40.9. The average molecular weight is 1250 g/mol. The number of amides is 9. The lowest BCUT2D eigenvalue weighted by Gasteiger charge is -2.32. The number of aromatic hydroxyl groups is 2. The van der Waals surface area contributed by atoms with E-state index in [9.17, 15) is 63.6 Å². The van der Waals surface area contributed by atoms with Gasteiger partial charge in [0.25, 0.3) is 0 Å². The van der Waals surface area contributed by atoms with E-state index in [1.165, 1.54) is 67.6 Å². The third-order valence-electron chi connectivity index (χ3n) is 13.7. The number of hydrogen-bond donors (Lipinski definition) is 17. The number of aliphatic hydroxyl groups is 2. The molecule has 1 aliphatic heterocycles. The minimum atomic E-state index is -1.81. The molecule has 5 rings (SSSR count). The number of carbonyl (C=O) groups is 9. The first kappa shape index (κ1) is 69.2. The first-order valence-electron chi connectivity index (χ1n) is 27.6. The van der Waals surface area contributed by atoms with Crippen LogP contribution in [-0.4, -0.2) is 158 Å². The number of phenolic OH excluding ortho intramolecular Hbond substituents is 2. The SMILES string of the molecule is C[C@@H](O)[C@@H]1NC(=O)[C@H](CCCCN)NC(=O)[C@@H](Cc2ccc(NC(=O)[C@@H](N)CCC(N)=O)cc2)NC(O)[C@H](Cc2ccc(O)cc2)NC(=O)[C@H](NC(=O)[C@@H](N)Cc2ccc(Cl)cc2)CSSC[C@@H](C(=O)N[C@H](Cc2ccc(O)cc2)C(N)=O)NC1=O. The van der Waals surface area contributed by atoms with Crippen LogP contribution < -0.4 is 71.2 Å². The summed E-state index contributed by atoms with van der Waals surface area (Å²) in [7, 11) is 1.92. The van der Waals surface area contributed by atoms with Crippen LogP contribution in [0.4, 0.5) is 5.69 Å². The fourth-order valence-electron chi connectivity index (χ4n) is 8.75. The number of nitrogens with one attached hydrogen (secondary N) is 8. The van der Waals surface area contributed by atoms with E-state index in [1.807, 2.05) is 0 Å². The number of carbonyl (C=O) groups excluding carboxylic acids is 9. The third kappa shape index (κ3) is 23.0. The number of rotatable bonds is 23. The van der Waals surface area contributed by atoms with Gasteiger partial charge in [0.1, 0.15) is 47.9 Å². The standard InChI is InChI=1S/C57H76ClN13O13S2/c1-30(72)48-57(84)70-46(55(82)66-42(49(63)76)25-33-9-17-37(73)18-10-33)29-86-85-28-45(69-51(78)40(61)24-31-5-13-35(58)14-6-31)56(83)68-44(27-34-11-19-38(74)20-12-34)54(81)67-43(53(80)65-41(52(79)71-48)4-2-3-23-59)26-32-7-15-36(16-8-32)64-50(77)39(60)21-22-47(62)75/h5-20,30,39-46,48,54,67,72-74,81H,2-4,21-29,59-61H2,1H3,(H2,62,75)(H2,63,76)(H,64,77)(H,65,80)(H,66,82)(H,68,83)(H,69,78)(H,70,84)(H,71,79)/t30-,39+,40+,41+,42-,43-,44+,45-,46+,48+,54?/m1/s1. The molecule has 0 aliphatic carbocycles. The molecule has 1 aliphatic rings. The summed E-state index contributed by atoms with van der Waals surface area (Å²) in [6.45, 7) is 1.41. The molecule has 9 amide bonds. The van der Waals surface area contributed by atoms with Crippen molar-refractivity contribution in [3.63, 3.8) is 0 Å². The van der Waals surface area contributed by atoms with Gasteiger partial charge in [-0.1, -0.05) is 81.7 Å². The van der Waals surface area contributed by atoms with Crippen LogP contribution in [0.3, 0.4) is 0 Å². The van der Waals surface area contributed by atoms with Gasteiger partial charge in [0.15, 0.2) is 0 Å². The van der Waals surface area contributed by atoms with Gasteiger partial charge >= 0.3 is 0 Å². The molecule has 1 fully saturated rings. The Morgan fingerprint density at radius 3 is 1.85 bits per heavy atom. The summed E-state index contributed by atoms with van der Waals surface area (Å²) in [4.78, 5) is 124. The first-order valence-corrected chi connectivity index (χ1v) is 30.4. The van der Waals surface area contributed by atoms with Crippen LogP contribution in [0.15, 0.2) is 97.1 Å². The van der Waals surface area contributed by atoms with Crippen LogP contribution in [0.1, 0.15) is 61.3 Å². The lowest BCUT2D eigenvalue weighted by molar-refractivity contribution is -0.136. The molecule has 1 saturated heterocycles. The zero-order valence-electron chi connectivity index (χ0n) is 47.1. The number of unbranched alkanes of at least 4 members (excludes halogenated alkanes) is 1. The minimum Gasteiger partial charge on any atom is -0.508 e. The highest BCUT2D eigenvalue weighted by molar-refractivity contribution is 8.76. The van der Waals surface area contributed by atoms with Crippen molar-refractivity contribution in [1.82, 2.24) is 37.2 Å². The zero-order chi connectivity index (χ0) is 63.0. The Hall–Kier alpha value is -7.54. The largest absolute Gasteiger partial charge is 0.508 e. The van der Waals surface area contributed by atoms with Gasteiger partial charge in [-0.3, -0.25) is 48.5 Å². The number of halogens is 1. The molecule has 86 heavy (non-hydrogen) atoms. The highest BCUT2D eigenvalue weighted by Gasteiger charge is 2.37. The fourth-order valence-corrected chi connectivity index (χ4v) is 11.2. The van der Waals surface area contributed by atoms with Crippen LogP contribution >= 0.6 is 33.2 Å². The van der Waals surface area contributed by atoms with E-state index in [2.05, 4.69) is 42.5 Å². The van der Waals surface area contributed by atoms with Gasteiger partial charge in [-0.2, -0.15) is 0 Å². The van der Waals surface area contributed by atoms with Crippen LogP contribution in [0.25, 0.3) is 0 Å². The number of hydrogen-bond acceptors (Lipinski definition) is 19. The van der Waals surface area contributed by atoms with Crippen molar-refractivity contribution in [2.24, 2.45) is 28.7 Å². The molecular weight excluding hydrogens is 1170 g/mol. The van der Waals surface area contributed by atoms with Crippen molar-refractivity contribution >= 4 is 92.0 Å². The number of nitrogens with two attached hydrogens (primary N) is 5. The molecule has 22 N–H and O–H groups in total. The van der Waals surface area contributed by atoms with Crippen LogP contribution in [0.5, 0.6) is 11.5 Å². The Balaban J connectivity index is 1.57. The minimum absolute atomic E-state index is 0.00717. The highest BCUT2D eigenvalue weighted by atomic mass is 35.5. The monoisotopic (exact) mass is 1250 g/mol.